The van der Waals surface area contributed by atoms with Gasteiger partial charge in [-0.1, -0.05) is 67.6 Å². The third-order valence-corrected chi connectivity index (χ3v) is 5.07. The fourth-order valence-corrected chi connectivity index (χ4v) is 3.31. The molecule has 2 rings (SSSR count). The minimum Gasteiger partial charge on any atom is -0.480 e. The molecule has 0 bridgehead atoms. The first kappa shape index (κ1) is 22.1. The number of rotatable bonds is 9. The van der Waals surface area contributed by atoms with Gasteiger partial charge in [0.1, 0.15) is 6.04 Å². The van der Waals surface area contributed by atoms with E-state index in [-0.39, 0.29) is 13.0 Å². The van der Waals surface area contributed by atoms with Crippen molar-refractivity contribution in [1.29, 1.82) is 0 Å². The first-order valence-corrected chi connectivity index (χ1v) is 9.61. The molecule has 0 saturated heterocycles. The summed E-state index contributed by atoms with van der Waals surface area (Å²) in [6.07, 6.45) is -0.0987. The molecule has 0 saturated carbocycles. The molecule has 0 spiro atoms. The molecule has 0 aromatic heterocycles. The summed E-state index contributed by atoms with van der Waals surface area (Å²) in [5.74, 6) is -2.77. The number of carbonyl (C=O) groups is 3. The summed E-state index contributed by atoms with van der Waals surface area (Å²) < 4.78 is 4.91. The lowest BCUT2D eigenvalue weighted by molar-refractivity contribution is -0.147. The van der Waals surface area contributed by atoms with Crippen LogP contribution in [0.15, 0.2) is 60.7 Å². The van der Waals surface area contributed by atoms with E-state index in [0.29, 0.717) is 0 Å². The van der Waals surface area contributed by atoms with Crippen molar-refractivity contribution < 1.29 is 24.2 Å². The molecular formula is C23H27NO5. The zero-order valence-corrected chi connectivity index (χ0v) is 16.9. The topological polar surface area (TPSA) is 92.7 Å². The van der Waals surface area contributed by atoms with Crippen molar-refractivity contribution in [1.82, 2.24) is 5.32 Å². The number of esters is 1. The quantitative estimate of drug-likeness (QED) is 0.634. The Balaban J connectivity index is 2.35. The highest BCUT2D eigenvalue weighted by Crippen LogP contribution is 2.32. The van der Waals surface area contributed by atoms with Crippen molar-refractivity contribution in [2.75, 3.05) is 6.61 Å². The molecule has 0 unspecified atom stereocenters. The summed E-state index contributed by atoms with van der Waals surface area (Å²) in [4.78, 5) is 37.0. The first-order chi connectivity index (χ1) is 13.8. The predicted octanol–water partition coefficient (Wildman–Crippen LogP) is 3.15. The smallest absolute Gasteiger partial charge is 0.326 e. The van der Waals surface area contributed by atoms with Crippen molar-refractivity contribution in [2.24, 2.45) is 5.92 Å². The van der Waals surface area contributed by atoms with Gasteiger partial charge in [0.25, 0.3) is 0 Å². The van der Waals surface area contributed by atoms with Gasteiger partial charge in [0, 0.05) is 0 Å². The van der Waals surface area contributed by atoms with Crippen LogP contribution in [0.5, 0.6) is 0 Å². The minimum atomic E-state index is -1.22. The highest BCUT2D eigenvalue weighted by Gasteiger charge is 2.40. The lowest BCUT2D eigenvalue weighted by atomic mass is 9.75. The standard InChI is InChI=1S/C23H27NO5/c1-4-29-19(25)15-16(2)20(21(26)27)24-22(28)23(3,17-11-7-5-8-12-17)18-13-9-6-10-14-18/h5-14,16,20H,4,15H2,1-3H3,(H,24,28)(H,26,27)/t16-,20-/m1/s1. The van der Waals surface area contributed by atoms with Crippen LogP contribution in [-0.4, -0.2) is 35.6 Å². The van der Waals surface area contributed by atoms with Gasteiger partial charge in [0.15, 0.2) is 0 Å². The van der Waals surface area contributed by atoms with Gasteiger partial charge in [-0.05, 0) is 30.9 Å². The van der Waals surface area contributed by atoms with E-state index in [1.54, 1.807) is 20.8 Å². The average Bonchev–Trinajstić information content (AvgIpc) is 2.72. The Bertz CT molecular complexity index is 795. The monoisotopic (exact) mass is 397 g/mol. The molecule has 0 heterocycles. The average molecular weight is 397 g/mol. The first-order valence-electron chi connectivity index (χ1n) is 9.61. The van der Waals surface area contributed by atoms with Crippen LogP contribution in [0, 0.1) is 5.92 Å². The molecule has 1 amide bonds. The van der Waals surface area contributed by atoms with Gasteiger partial charge < -0.3 is 15.2 Å². The van der Waals surface area contributed by atoms with Crippen molar-refractivity contribution >= 4 is 17.8 Å². The number of hydrogen-bond donors (Lipinski definition) is 2. The number of amides is 1. The normalized spacial score (nSPS) is 13.2. The Morgan fingerprint density at radius 2 is 1.48 bits per heavy atom. The maximum atomic E-state index is 13.4. The van der Waals surface area contributed by atoms with Crippen LogP contribution in [-0.2, 0) is 24.5 Å². The van der Waals surface area contributed by atoms with Crippen LogP contribution in [0.4, 0.5) is 0 Å². The molecule has 0 radical (unpaired) electrons. The van der Waals surface area contributed by atoms with Crippen LogP contribution in [0.2, 0.25) is 0 Å². The molecule has 2 atom stereocenters. The van der Waals surface area contributed by atoms with E-state index < -0.39 is 35.2 Å². The summed E-state index contributed by atoms with van der Waals surface area (Å²) in [6.45, 7) is 5.28. The third-order valence-electron chi connectivity index (χ3n) is 5.07. The molecule has 0 fully saturated rings. The molecule has 6 nitrogen and oxygen atoms in total. The number of carboxylic acids is 1. The van der Waals surface area contributed by atoms with Crippen molar-refractivity contribution in [3.05, 3.63) is 71.8 Å². The summed E-state index contributed by atoms with van der Waals surface area (Å²) in [5, 5.41) is 12.3. The van der Waals surface area contributed by atoms with Crippen LogP contribution < -0.4 is 5.32 Å². The highest BCUT2D eigenvalue weighted by atomic mass is 16.5. The maximum absolute atomic E-state index is 13.4. The maximum Gasteiger partial charge on any atom is 0.326 e. The zero-order chi connectivity index (χ0) is 21.4. The van der Waals surface area contributed by atoms with Crippen LogP contribution in [0.3, 0.4) is 0 Å². The number of hydrogen-bond acceptors (Lipinski definition) is 4. The van der Waals surface area contributed by atoms with E-state index in [0.717, 1.165) is 11.1 Å². The number of carbonyl (C=O) groups excluding carboxylic acids is 2. The van der Waals surface area contributed by atoms with E-state index >= 15 is 0 Å². The van der Waals surface area contributed by atoms with Crippen molar-refractivity contribution in [3.8, 4) is 0 Å². The molecule has 0 aliphatic carbocycles. The van der Waals surface area contributed by atoms with Gasteiger partial charge in [0.2, 0.25) is 5.91 Å². The van der Waals surface area contributed by atoms with E-state index in [4.69, 9.17) is 4.74 Å². The molecule has 29 heavy (non-hydrogen) atoms. The lowest BCUT2D eigenvalue weighted by Crippen LogP contribution is -2.52. The lowest BCUT2D eigenvalue weighted by Gasteiger charge is -2.32. The summed E-state index contributed by atoms with van der Waals surface area (Å²) in [5.41, 5.74) is 0.386. The van der Waals surface area contributed by atoms with E-state index in [2.05, 4.69) is 5.32 Å². The van der Waals surface area contributed by atoms with Gasteiger partial charge in [-0.2, -0.15) is 0 Å². The molecule has 6 heteroatoms. The van der Waals surface area contributed by atoms with Crippen LogP contribution >= 0.6 is 0 Å². The molecular weight excluding hydrogens is 370 g/mol. The van der Waals surface area contributed by atoms with Crippen LogP contribution in [0.25, 0.3) is 0 Å². The van der Waals surface area contributed by atoms with Gasteiger partial charge >= 0.3 is 11.9 Å². The molecule has 2 aromatic carbocycles. The predicted molar refractivity (Wildman–Crippen MR) is 109 cm³/mol. The summed E-state index contributed by atoms with van der Waals surface area (Å²) >= 11 is 0. The molecule has 154 valence electrons. The van der Waals surface area contributed by atoms with Crippen molar-refractivity contribution in [3.63, 3.8) is 0 Å². The molecule has 2 aromatic rings. The molecule has 0 aliphatic rings. The molecule has 0 aliphatic heterocycles. The van der Waals surface area contributed by atoms with E-state index in [1.165, 1.54) is 0 Å². The van der Waals surface area contributed by atoms with Gasteiger partial charge in [-0.15, -0.1) is 0 Å². The van der Waals surface area contributed by atoms with Gasteiger partial charge in [0.05, 0.1) is 18.4 Å². The number of carboxylic acid groups (broad SMARTS) is 1. The largest absolute Gasteiger partial charge is 0.480 e. The van der Waals surface area contributed by atoms with Crippen molar-refractivity contribution in [2.45, 2.75) is 38.6 Å². The second-order valence-electron chi connectivity index (χ2n) is 7.13. The fraction of sp³-hybridized carbons (Fsp3) is 0.348. The number of aliphatic carboxylic acids is 1. The summed E-state index contributed by atoms with van der Waals surface area (Å²) in [7, 11) is 0. The summed E-state index contributed by atoms with van der Waals surface area (Å²) in [6, 6.07) is 17.2. The van der Waals surface area contributed by atoms with Crippen LogP contribution in [0.1, 0.15) is 38.3 Å². The Kier molecular flexibility index (Phi) is 7.53. The van der Waals surface area contributed by atoms with Gasteiger partial charge in [-0.3, -0.25) is 9.59 Å². The Hall–Kier alpha value is -3.15. The van der Waals surface area contributed by atoms with E-state index in [9.17, 15) is 19.5 Å². The second-order valence-corrected chi connectivity index (χ2v) is 7.13. The fourth-order valence-electron chi connectivity index (χ4n) is 3.31. The highest BCUT2D eigenvalue weighted by molar-refractivity contribution is 5.94. The Morgan fingerprint density at radius 3 is 1.90 bits per heavy atom. The SMILES string of the molecule is CCOC(=O)C[C@@H](C)[C@@H](NC(=O)C(C)(c1ccccc1)c1ccccc1)C(=O)O. The Morgan fingerprint density at radius 1 is 1.00 bits per heavy atom. The molecule has 2 N–H and O–H groups in total. The van der Waals surface area contributed by atoms with Gasteiger partial charge in [-0.25, -0.2) is 4.79 Å². The minimum absolute atomic E-state index is 0.0987. The zero-order valence-electron chi connectivity index (χ0n) is 16.9. The van der Waals surface area contributed by atoms with E-state index in [1.807, 2.05) is 60.7 Å². The second kappa shape index (κ2) is 9.87. The Labute approximate surface area is 170 Å². The number of nitrogens with one attached hydrogen (secondary N) is 1. The number of ether oxygens (including phenoxy) is 1. The third kappa shape index (κ3) is 5.22. The number of benzene rings is 2.